The number of aryl methyl sites for hydroxylation is 2. The van der Waals surface area contributed by atoms with Crippen molar-refractivity contribution in [3.8, 4) is 17.2 Å². The molecule has 0 saturated carbocycles. The second kappa shape index (κ2) is 12.0. The summed E-state index contributed by atoms with van der Waals surface area (Å²) in [6.07, 6.45) is 3.77. The summed E-state index contributed by atoms with van der Waals surface area (Å²) in [5.74, 6) is 0.205. The third kappa shape index (κ3) is 5.67. The summed E-state index contributed by atoms with van der Waals surface area (Å²) in [7, 11) is 0. The van der Waals surface area contributed by atoms with Crippen LogP contribution in [0.5, 0.6) is 11.5 Å². The Hall–Kier alpha value is -4.67. The lowest BCUT2D eigenvalue weighted by atomic mass is 10.0. The Kier molecular flexibility index (Phi) is 7.76. The van der Waals surface area contributed by atoms with Crippen LogP contribution in [0.25, 0.3) is 16.6 Å². The number of hydrogen-bond acceptors (Lipinski definition) is 7. The molecule has 7 rings (SSSR count). The third-order valence-electron chi connectivity index (χ3n) is 9.06. The van der Waals surface area contributed by atoms with E-state index in [4.69, 9.17) is 15.2 Å². The topological polar surface area (TPSA) is 102 Å². The summed E-state index contributed by atoms with van der Waals surface area (Å²) in [5, 5.41) is 5.42. The van der Waals surface area contributed by atoms with Gasteiger partial charge in [0.05, 0.1) is 36.4 Å². The van der Waals surface area contributed by atoms with Gasteiger partial charge in [0.2, 0.25) is 5.78 Å². The van der Waals surface area contributed by atoms with Crippen molar-refractivity contribution in [3.63, 3.8) is 0 Å². The Morgan fingerprint density at radius 1 is 0.978 bits per heavy atom. The smallest absolute Gasteiger partial charge is 0.214 e. The second-order valence-corrected chi connectivity index (χ2v) is 11.9. The van der Waals surface area contributed by atoms with E-state index in [1.54, 1.807) is 41.1 Å². The van der Waals surface area contributed by atoms with Gasteiger partial charge in [-0.05, 0) is 86.3 Å². The van der Waals surface area contributed by atoms with Crippen LogP contribution in [-0.4, -0.2) is 70.9 Å². The first-order chi connectivity index (χ1) is 21.9. The van der Waals surface area contributed by atoms with Crippen LogP contribution in [0.4, 0.5) is 15.9 Å². The minimum absolute atomic E-state index is 0.144. The number of nitrogen functional groups attached to an aromatic ring is 1. The van der Waals surface area contributed by atoms with Crippen LogP contribution in [0.2, 0.25) is 0 Å². The maximum absolute atomic E-state index is 14.1. The van der Waals surface area contributed by atoms with E-state index in [-0.39, 0.29) is 17.4 Å². The van der Waals surface area contributed by atoms with Gasteiger partial charge in [-0.25, -0.2) is 9.07 Å². The summed E-state index contributed by atoms with van der Waals surface area (Å²) in [5.41, 5.74) is 12.1. The van der Waals surface area contributed by atoms with Crippen LogP contribution in [0, 0.1) is 19.7 Å². The number of aromatic amines is 1. The Labute approximate surface area is 261 Å². The SMILES string of the molecule is Cc1cc2cc(C(=O)c3cnn(-c4ccc(Oc5ccccc5F)cc4C)c3N)[nH]c2cc1N1CCC(N2CCOCC2)CC1. The number of nitrogens with two attached hydrogens (primary N) is 1. The van der Waals surface area contributed by atoms with Crippen LogP contribution in [-0.2, 0) is 4.74 Å². The minimum atomic E-state index is -0.439. The molecule has 0 spiro atoms. The maximum atomic E-state index is 14.1. The zero-order valence-electron chi connectivity index (χ0n) is 25.6. The summed E-state index contributed by atoms with van der Waals surface area (Å²) in [6.45, 7) is 9.74. The number of ether oxygens (including phenoxy) is 2. The number of ketones is 1. The number of aromatic nitrogens is 3. The lowest BCUT2D eigenvalue weighted by Crippen LogP contribution is -2.49. The monoisotopic (exact) mass is 608 g/mol. The van der Waals surface area contributed by atoms with E-state index in [0.29, 0.717) is 28.7 Å². The highest BCUT2D eigenvalue weighted by atomic mass is 19.1. The van der Waals surface area contributed by atoms with Crippen molar-refractivity contribution in [2.75, 3.05) is 50.0 Å². The van der Waals surface area contributed by atoms with E-state index in [0.717, 1.165) is 68.7 Å². The first kappa shape index (κ1) is 29.1. The predicted octanol–water partition coefficient (Wildman–Crippen LogP) is 6.02. The number of carbonyl (C=O) groups excluding carboxylic acids is 1. The molecular weight excluding hydrogens is 571 g/mol. The molecule has 2 fully saturated rings. The molecule has 9 nitrogen and oxygen atoms in total. The maximum Gasteiger partial charge on any atom is 0.214 e. The largest absolute Gasteiger partial charge is 0.454 e. The van der Waals surface area contributed by atoms with Crippen molar-refractivity contribution in [2.24, 2.45) is 0 Å². The Bertz CT molecular complexity index is 1870. The van der Waals surface area contributed by atoms with Gasteiger partial charge in [0.15, 0.2) is 11.6 Å². The van der Waals surface area contributed by atoms with Gasteiger partial charge < -0.3 is 25.1 Å². The van der Waals surface area contributed by atoms with Crippen LogP contribution < -0.4 is 15.4 Å². The number of carbonyl (C=O) groups is 1. The van der Waals surface area contributed by atoms with Crippen molar-refractivity contribution in [3.05, 3.63) is 95.1 Å². The Morgan fingerprint density at radius 2 is 1.73 bits per heavy atom. The van der Waals surface area contributed by atoms with Crippen LogP contribution in [0.3, 0.4) is 0 Å². The highest BCUT2D eigenvalue weighted by Crippen LogP contribution is 2.32. The van der Waals surface area contributed by atoms with Gasteiger partial charge in [0.1, 0.15) is 11.6 Å². The van der Waals surface area contributed by atoms with E-state index >= 15 is 0 Å². The van der Waals surface area contributed by atoms with E-state index in [9.17, 15) is 9.18 Å². The molecule has 0 aliphatic carbocycles. The number of H-pyrrole nitrogens is 1. The molecule has 10 heteroatoms. The third-order valence-corrected chi connectivity index (χ3v) is 9.06. The zero-order valence-corrected chi connectivity index (χ0v) is 25.6. The number of anilines is 2. The minimum Gasteiger partial charge on any atom is -0.454 e. The first-order valence-corrected chi connectivity index (χ1v) is 15.5. The second-order valence-electron chi connectivity index (χ2n) is 11.9. The fourth-order valence-electron chi connectivity index (χ4n) is 6.61. The lowest BCUT2D eigenvalue weighted by Gasteiger charge is -2.41. The molecule has 3 aromatic carbocycles. The first-order valence-electron chi connectivity index (χ1n) is 15.5. The number of para-hydroxylation sites is 1. The molecule has 3 N–H and O–H groups in total. The van der Waals surface area contributed by atoms with E-state index in [1.807, 2.05) is 13.0 Å². The average Bonchev–Trinajstić information content (AvgIpc) is 3.65. The summed E-state index contributed by atoms with van der Waals surface area (Å²) in [6, 6.07) is 18.4. The number of halogens is 1. The molecule has 2 aromatic heterocycles. The fraction of sp³-hybridized carbons (Fsp3) is 0.314. The summed E-state index contributed by atoms with van der Waals surface area (Å²) >= 11 is 0. The van der Waals surface area contributed by atoms with Gasteiger partial charge in [-0.3, -0.25) is 9.69 Å². The van der Waals surface area contributed by atoms with Gasteiger partial charge in [-0.1, -0.05) is 12.1 Å². The van der Waals surface area contributed by atoms with Gasteiger partial charge >= 0.3 is 0 Å². The summed E-state index contributed by atoms with van der Waals surface area (Å²) < 4.78 is 26.9. The van der Waals surface area contributed by atoms with Crippen LogP contribution in [0.1, 0.15) is 40.0 Å². The average molecular weight is 609 g/mol. The van der Waals surface area contributed by atoms with Gasteiger partial charge in [0, 0.05) is 48.8 Å². The highest BCUT2D eigenvalue weighted by molar-refractivity contribution is 6.12. The van der Waals surface area contributed by atoms with Crippen LogP contribution in [0.15, 0.2) is 66.9 Å². The number of nitrogens with one attached hydrogen (secondary N) is 1. The van der Waals surface area contributed by atoms with Crippen molar-refractivity contribution in [1.82, 2.24) is 19.7 Å². The van der Waals surface area contributed by atoms with E-state index in [2.05, 4.69) is 38.9 Å². The molecule has 0 radical (unpaired) electrons. The molecule has 0 unspecified atom stereocenters. The zero-order chi connectivity index (χ0) is 31.1. The molecule has 2 aliphatic rings. The fourth-order valence-corrected chi connectivity index (χ4v) is 6.61. The molecule has 45 heavy (non-hydrogen) atoms. The number of hydrogen-bond donors (Lipinski definition) is 2. The molecule has 232 valence electrons. The molecule has 0 amide bonds. The van der Waals surface area contributed by atoms with E-state index < -0.39 is 5.82 Å². The van der Waals surface area contributed by atoms with Crippen molar-refractivity contribution >= 4 is 28.2 Å². The Balaban J connectivity index is 1.08. The number of rotatable bonds is 7. The molecule has 2 aliphatic heterocycles. The van der Waals surface area contributed by atoms with Gasteiger partial charge in [-0.2, -0.15) is 5.10 Å². The number of morpholine rings is 1. The highest BCUT2D eigenvalue weighted by Gasteiger charge is 2.27. The summed E-state index contributed by atoms with van der Waals surface area (Å²) in [4.78, 5) is 22.1. The lowest BCUT2D eigenvalue weighted by molar-refractivity contribution is 0.0115. The van der Waals surface area contributed by atoms with Crippen molar-refractivity contribution in [2.45, 2.75) is 32.7 Å². The molecule has 2 saturated heterocycles. The van der Waals surface area contributed by atoms with Gasteiger partial charge in [-0.15, -0.1) is 0 Å². The van der Waals surface area contributed by atoms with Crippen molar-refractivity contribution in [1.29, 1.82) is 0 Å². The van der Waals surface area contributed by atoms with E-state index in [1.165, 1.54) is 23.5 Å². The van der Waals surface area contributed by atoms with Crippen LogP contribution >= 0.6 is 0 Å². The van der Waals surface area contributed by atoms with Crippen molar-refractivity contribution < 1.29 is 18.7 Å². The van der Waals surface area contributed by atoms with Gasteiger partial charge in [0.25, 0.3) is 0 Å². The number of piperidine rings is 1. The molecule has 0 atom stereocenters. The normalized spacial score (nSPS) is 16.4. The Morgan fingerprint density at radius 3 is 2.49 bits per heavy atom. The number of fused-ring (bicyclic) bond motifs is 1. The molecular formula is C35H37FN6O3. The number of nitrogens with zero attached hydrogens (tertiary/aromatic N) is 4. The molecule has 0 bridgehead atoms. The predicted molar refractivity (Wildman–Crippen MR) is 173 cm³/mol. The quantitative estimate of drug-likeness (QED) is 0.218. The molecule has 5 aromatic rings. The number of benzene rings is 3. The molecule has 4 heterocycles. The standard InChI is InChI=1S/C35H37FN6O3/c1-22-17-24-19-30(39-29(24)20-32(22)41-11-9-25(10-12-41)40-13-15-44-16-14-40)34(43)27-21-38-42(35(27)37)31-8-7-26(18-23(31)2)45-33-6-4-3-5-28(33)36/h3-8,17-21,25,39H,9-16,37H2,1-2H3.